The van der Waals surface area contributed by atoms with Crippen LogP contribution in [0.25, 0.3) is 0 Å². The van der Waals surface area contributed by atoms with E-state index in [1.807, 2.05) is 0 Å². The lowest BCUT2D eigenvalue weighted by Gasteiger charge is -2.19. The number of amides is 1. The minimum atomic E-state index is -3.84. The molecule has 0 spiro atoms. The largest absolute Gasteiger partial charge is 0.438 e. The van der Waals surface area contributed by atoms with E-state index in [1.165, 1.54) is 49.5 Å². The summed E-state index contributed by atoms with van der Waals surface area (Å²) >= 11 is 0. The summed E-state index contributed by atoms with van der Waals surface area (Å²) in [6.07, 6.45) is 0.190. The van der Waals surface area contributed by atoms with Crippen LogP contribution in [0, 0.1) is 11.6 Å². The number of hydrogen-bond donors (Lipinski definition) is 2. The third-order valence-electron chi connectivity index (χ3n) is 4.22. The number of furan rings is 1. The Morgan fingerprint density at radius 3 is 2.38 bits per heavy atom. The van der Waals surface area contributed by atoms with Crippen LogP contribution >= 0.6 is 0 Å². The van der Waals surface area contributed by atoms with Gasteiger partial charge in [0.2, 0.25) is 5.09 Å². The molecule has 152 valence electrons. The summed E-state index contributed by atoms with van der Waals surface area (Å²) in [7, 11) is -2.62. The van der Waals surface area contributed by atoms with E-state index in [2.05, 4.69) is 10.0 Å². The standard InChI is InChI=1S/C20H18F2N2O4S/c1-23-29(26,27)19-9-8-18(28-19)20(25)24-17(14-5-3-7-16(22)12-14)11-13-4-2-6-15(21)10-13/h2-10,12,17,23H,11H2,1H3,(H,24,25). The molecule has 1 amide bonds. The topological polar surface area (TPSA) is 88.4 Å². The summed E-state index contributed by atoms with van der Waals surface area (Å²) in [5.74, 6) is -1.83. The van der Waals surface area contributed by atoms with Crippen LogP contribution in [0.3, 0.4) is 0 Å². The monoisotopic (exact) mass is 420 g/mol. The van der Waals surface area contributed by atoms with Crippen molar-refractivity contribution in [1.82, 2.24) is 10.0 Å². The molecule has 0 aliphatic rings. The molecule has 0 saturated heterocycles. The van der Waals surface area contributed by atoms with Gasteiger partial charge in [-0.1, -0.05) is 24.3 Å². The molecule has 3 aromatic rings. The van der Waals surface area contributed by atoms with Crippen LogP contribution in [-0.2, 0) is 16.4 Å². The number of carbonyl (C=O) groups is 1. The van der Waals surface area contributed by atoms with Gasteiger partial charge in [-0.05, 0) is 61.0 Å². The fraction of sp³-hybridized carbons (Fsp3) is 0.150. The number of carbonyl (C=O) groups excluding carboxylic acids is 1. The van der Waals surface area contributed by atoms with Crippen molar-refractivity contribution >= 4 is 15.9 Å². The summed E-state index contributed by atoms with van der Waals surface area (Å²) in [6.45, 7) is 0. The number of sulfonamides is 1. The molecule has 0 aliphatic heterocycles. The Morgan fingerprint density at radius 2 is 1.72 bits per heavy atom. The van der Waals surface area contributed by atoms with Gasteiger partial charge in [-0.25, -0.2) is 21.9 Å². The van der Waals surface area contributed by atoms with Crippen LogP contribution in [-0.4, -0.2) is 21.4 Å². The predicted molar refractivity (Wildman–Crippen MR) is 102 cm³/mol. The number of hydrogen-bond acceptors (Lipinski definition) is 4. The molecule has 3 rings (SSSR count). The van der Waals surface area contributed by atoms with Crippen LogP contribution in [0.5, 0.6) is 0 Å². The SMILES string of the molecule is CNS(=O)(=O)c1ccc(C(=O)NC(Cc2cccc(F)c2)c2cccc(F)c2)o1. The normalized spacial score (nSPS) is 12.5. The summed E-state index contributed by atoms with van der Waals surface area (Å²) < 4.78 is 58.0. The third-order valence-corrected chi connectivity index (χ3v) is 5.51. The van der Waals surface area contributed by atoms with Crippen molar-refractivity contribution in [2.75, 3.05) is 7.05 Å². The van der Waals surface area contributed by atoms with Crippen LogP contribution in [0.4, 0.5) is 8.78 Å². The first-order chi connectivity index (χ1) is 13.8. The van der Waals surface area contributed by atoms with Crippen molar-refractivity contribution in [3.63, 3.8) is 0 Å². The average Bonchev–Trinajstić information content (AvgIpc) is 3.19. The lowest BCUT2D eigenvalue weighted by molar-refractivity contribution is 0.0903. The summed E-state index contributed by atoms with van der Waals surface area (Å²) in [5, 5.41) is 2.29. The zero-order chi connectivity index (χ0) is 21.0. The van der Waals surface area contributed by atoms with Crippen molar-refractivity contribution in [3.8, 4) is 0 Å². The average molecular weight is 420 g/mol. The molecule has 1 aromatic heterocycles. The number of halogens is 2. The van der Waals surface area contributed by atoms with Crippen LogP contribution in [0.15, 0.2) is 70.2 Å². The van der Waals surface area contributed by atoms with Gasteiger partial charge in [0.15, 0.2) is 5.76 Å². The van der Waals surface area contributed by atoms with Crippen LogP contribution in [0.1, 0.15) is 27.7 Å². The molecule has 0 aliphatic carbocycles. The maximum Gasteiger partial charge on any atom is 0.287 e. The Morgan fingerprint density at radius 1 is 1.03 bits per heavy atom. The molecule has 9 heteroatoms. The van der Waals surface area contributed by atoms with E-state index in [-0.39, 0.29) is 12.2 Å². The van der Waals surface area contributed by atoms with E-state index in [4.69, 9.17) is 4.42 Å². The maximum absolute atomic E-state index is 13.7. The van der Waals surface area contributed by atoms with Gasteiger partial charge in [0.1, 0.15) is 11.6 Å². The first-order valence-electron chi connectivity index (χ1n) is 8.62. The fourth-order valence-electron chi connectivity index (χ4n) is 2.79. The molecule has 29 heavy (non-hydrogen) atoms. The maximum atomic E-state index is 13.7. The summed E-state index contributed by atoms with van der Waals surface area (Å²) in [5.41, 5.74) is 1.06. The fourth-order valence-corrected chi connectivity index (χ4v) is 3.44. The van der Waals surface area contributed by atoms with Crippen molar-refractivity contribution in [3.05, 3.63) is 89.2 Å². The van der Waals surface area contributed by atoms with Crippen molar-refractivity contribution in [2.24, 2.45) is 0 Å². The molecule has 2 aromatic carbocycles. The Labute approximate surface area is 166 Å². The van der Waals surface area contributed by atoms with Gasteiger partial charge in [0, 0.05) is 0 Å². The highest BCUT2D eigenvalue weighted by Gasteiger charge is 2.22. The number of nitrogens with one attached hydrogen (secondary N) is 2. The quantitative estimate of drug-likeness (QED) is 0.615. The van der Waals surface area contributed by atoms with Gasteiger partial charge >= 0.3 is 0 Å². The summed E-state index contributed by atoms with van der Waals surface area (Å²) in [6, 6.07) is 13.2. The lowest BCUT2D eigenvalue weighted by atomic mass is 9.98. The minimum absolute atomic E-state index is 0.190. The van der Waals surface area contributed by atoms with E-state index in [0.717, 1.165) is 6.07 Å². The van der Waals surface area contributed by atoms with Crippen molar-refractivity contribution in [1.29, 1.82) is 0 Å². The summed E-state index contributed by atoms with van der Waals surface area (Å²) in [4.78, 5) is 12.6. The van der Waals surface area contributed by atoms with Crippen LogP contribution in [0.2, 0.25) is 0 Å². The Balaban J connectivity index is 1.87. The highest BCUT2D eigenvalue weighted by Crippen LogP contribution is 2.22. The zero-order valence-electron chi connectivity index (χ0n) is 15.4. The Kier molecular flexibility index (Phi) is 6.09. The van der Waals surface area contributed by atoms with E-state index >= 15 is 0 Å². The van der Waals surface area contributed by atoms with Gasteiger partial charge < -0.3 is 9.73 Å². The van der Waals surface area contributed by atoms with E-state index < -0.39 is 38.7 Å². The molecule has 1 unspecified atom stereocenters. The van der Waals surface area contributed by atoms with Crippen LogP contribution < -0.4 is 10.0 Å². The molecule has 0 radical (unpaired) electrons. The zero-order valence-corrected chi connectivity index (χ0v) is 16.2. The second kappa shape index (κ2) is 8.54. The number of benzene rings is 2. The smallest absolute Gasteiger partial charge is 0.287 e. The van der Waals surface area contributed by atoms with Gasteiger partial charge in [-0.3, -0.25) is 4.79 Å². The van der Waals surface area contributed by atoms with E-state index in [9.17, 15) is 22.0 Å². The lowest BCUT2D eigenvalue weighted by Crippen LogP contribution is -2.30. The molecule has 1 heterocycles. The molecule has 6 nitrogen and oxygen atoms in total. The molecular weight excluding hydrogens is 402 g/mol. The molecule has 1 atom stereocenters. The number of rotatable bonds is 7. The van der Waals surface area contributed by atoms with E-state index in [1.54, 1.807) is 12.1 Å². The minimum Gasteiger partial charge on any atom is -0.438 e. The van der Waals surface area contributed by atoms with Gasteiger partial charge in [0.05, 0.1) is 6.04 Å². The third kappa shape index (κ3) is 5.07. The Bertz CT molecular complexity index is 1130. The molecular formula is C20H18F2N2O4S. The predicted octanol–water partition coefficient (Wildman–Crippen LogP) is 3.18. The second-order valence-corrected chi connectivity index (χ2v) is 8.06. The van der Waals surface area contributed by atoms with Gasteiger partial charge in [0.25, 0.3) is 15.9 Å². The first kappa shape index (κ1) is 20.7. The van der Waals surface area contributed by atoms with Crippen molar-refractivity contribution in [2.45, 2.75) is 17.6 Å². The molecule has 0 fully saturated rings. The molecule has 2 N–H and O–H groups in total. The van der Waals surface area contributed by atoms with Gasteiger partial charge in [-0.15, -0.1) is 0 Å². The van der Waals surface area contributed by atoms with E-state index in [0.29, 0.717) is 11.1 Å². The first-order valence-corrected chi connectivity index (χ1v) is 10.1. The highest BCUT2D eigenvalue weighted by atomic mass is 32.2. The molecule has 0 bridgehead atoms. The second-order valence-electron chi connectivity index (χ2n) is 6.24. The highest BCUT2D eigenvalue weighted by molar-refractivity contribution is 7.89. The molecule has 0 saturated carbocycles. The van der Waals surface area contributed by atoms with Gasteiger partial charge in [-0.2, -0.15) is 0 Å². The van der Waals surface area contributed by atoms with Crippen molar-refractivity contribution < 1.29 is 26.4 Å². The Hall–Kier alpha value is -3.04.